The zero-order valence-electron chi connectivity index (χ0n) is 19.1. The molecule has 2 amide bonds. The van der Waals surface area contributed by atoms with Crippen molar-refractivity contribution in [2.75, 3.05) is 13.2 Å². The first kappa shape index (κ1) is 23.8. The zero-order valence-corrected chi connectivity index (χ0v) is 19.1. The van der Waals surface area contributed by atoms with Crippen LogP contribution in [0.2, 0.25) is 0 Å². The molecule has 1 saturated carbocycles. The number of ether oxygens (including phenoxy) is 1. The summed E-state index contributed by atoms with van der Waals surface area (Å²) in [4.78, 5) is 36.2. The lowest BCUT2D eigenvalue weighted by molar-refractivity contribution is -0.145. The van der Waals surface area contributed by atoms with Crippen LogP contribution < -0.4 is 10.6 Å². The molecule has 34 heavy (non-hydrogen) atoms. The number of carbonyl (C=O) groups excluding carboxylic acids is 2. The molecular formula is C26H30N2O6. The number of benzene rings is 2. The third-order valence-corrected chi connectivity index (χ3v) is 6.97. The fourth-order valence-electron chi connectivity index (χ4n) is 4.96. The molecular weight excluding hydrogens is 436 g/mol. The van der Waals surface area contributed by atoms with Gasteiger partial charge < -0.3 is 25.6 Å². The van der Waals surface area contributed by atoms with Crippen molar-refractivity contribution in [1.29, 1.82) is 0 Å². The highest BCUT2D eigenvalue weighted by Crippen LogP contribution is 2.45. The first-order chi connectivity index (χ1) is 16.3. The Balaban J connectivity index is 1.31. The summed E-state index contributed by atoms with van der Waals surface area (Å²) in [7, 11) is 0. The zero-order chi connectivity index (χ0) is 24.3. The molecule has 8 heteroatoms. The van der Waals surface area contributed by atoms with Gasteiger partial charge in [-0.2, -0.15) is 0 Å². The highest BCUT2D eigenvalue weighted by atomic mass is 16.5. The Bertz CT molecular complexity index is 1030. The number of carboxylic acid groups (broad SMARTS) is 1. The van der Waals surface area contributed by atoms with Gasteiger partial charge in [0.2, 0.25) is 5.91 Å². The van der Waals surface area contributed by atoms with Crippen molar-refractivity contribution < 1.29 is 29.3 Å². The fourth-order valence-corrected chi connectivity index (χ4v) is 4.96. The summed E-state index contributed by atoms with van der Waals surface area (Å²) in [5.41, 5.74) is 4.15. The Kier molecular flexibility index (Phi) is 6.88. The van der Waals surface area contributed by atoms with Crippen LogP contribution >= 0.6 is 0 Å². The predicted molar refractivity (Wildman–Crippen MR) is 125 cm³/mol. The molecule has 2 unspecified atom stereocenters. The summed E-state index contributed by atoms with van der Waals surface area (Å²) in [5, 5.41) is 23.9. The number of carboxylic acids is 1. The molecule has 4 rings (SSSR count). The van der Waals surface area contributed by atoms with E-state index < -0.39 is 35.5 Å². The Morgan fingerprint density at radius 2 is 1.65 bits per heavy atom. The van der Waals surface area contributed by atoms with Gasteiger partial charge in [0.1, 0.15) is 6.61 Å². The van der Waals surface area contributed by atoms with Crippen LogP contribution in [0.5, 0.6) is 0 Å². The average molecular weight is 467 g/mol. The topological polar surface area (TPSA) is 125 Å². The summed E-state index contributed by atoms with van der Waals surface area (Å²) in [6.07, 6.45) is 0.747. The summed E-state index contributed by atoms with van der Waals surface area (Å²) >= 11 is 0. The molecule has 0 saturated heterocycles. The van der Waals surface area contributed by atoms with E-state index in [9.17, 15) is 19.5 Å². The smallest absolute Gasteiger partial charge is 0.407 e. The molecule has 2 aromatic carbocycles. The Labute approximate surface area is 198 Å². The molecule has 2 aliphatic carbocycles. The minimum absolute atomic E-state index is 0.0324. The van der Waals surface area contributed by atoms with Crippen LogP contribution in [0.4, 0.5) is 4.79 Å². The minimum Gasteiger partial charge on any atom is -0.480 e. The summed E-state index contributed by atoms with van der Waals surface area (Å²) in [6, 6.07) is 14.9. The van der Waals surface area contributed by atoms with Crippen LogP contribution in [-0.4, -0.2) is 53.5 Å². The lowest BCUT2D eigenvalue weighted by atomic mass is 9.66. The molecule has 0 aliphatic heterocycles. The number of amides is 2. The van der Waals surface area contributed by atoms with E-state index in [1.54, 1.807) is 0 Å². The molecule has 2 aliphatic rings. The first-order valence-electron chi connectivity index (χ1n) is 11.6. The Morgan fingerprint density at radius 3 is 2.15 bits per heavy atom. The monoisotopic (exact) mass is 466 g/mol. The van der Waals surface area contributed by atoms with E-state index in [1.807, 2.05) is 24.3 Å². The normalized spacial score (nSPS) is 17.5. The summed E-state index contributed by atoms with van der Waals surface area (Å²) in [6.45, 7) is 1.79. The van der Waals surface area contributed by atoms with Crippen molar-refractivity contribution in [3.63, 3.8) is 0 Å². The average Bonchev–Trinajstić information content (AvgIpc) is 3.11. The van der Waals surface area contributed by atoms with E-state index in [2.05, 4.69) is 34.9 Å². The SMILES string of the molecule is CC(O)C(NC(=O)CC1(CNC(=O)OCC2c3ccccc3-c3ccccc32)CCC1)C(=O)O. The van der Waals surface area contributed by atoms with E-state index >= 15 is 0 Å². The van der Waals surface area contributed by atoms with E-state index in [4.69, 9.17) is 9.84 Å². The number of alkyl carbamates (subject to hydrolysis) is 1. The van der Waals surface area contributed by atoms with Gasteiger partial charge in [0.05, 0.1) is 6.10 Å². The van der Waals surface area contributed by atoms with Crippen molar-refractivity contribution in [1.82, 2.24) is 10.6 Å². The van der Waals surface area contributed by atoms with Gasteiger partial charge in [-0.05, 0) is 47.4 Å². The molecule has 4 N–H and O–H groups in total. The highest BCUT2D eigenvalue weighted by molar-refractivity contribution is 5.84. The first-order valence-corrected chi connectivity index (χ1v) is 11.6. The maximum atomic E-state index is 12.5. The van der Waals surface area contributed by atoms with Gasteiger partial charge in [0, 0.05) is 18.9 Å². The molecule has 0 aromatic heterocycles. The van der Waals surface area contributed by atoms with Crippen molar-refractivity contribution >= 4 is 18.0 Å². The van der Waals surface area contributed by atoms with Crippen molar-refractivity contribution in [3.05, 3.63) is 59.7 Å². The molecule has 1 fully saturated rings. The standard InChI is InChI=1S/C26H30N2O6/c1-16(29)23(24(31)32)28-22(30)13-26(11-6-12-26)15-27-25(33)34-14-21-19-9-4-2-7-17(19)18-8-3-5-10-20(18)21/h2-5,7-10,16,21,23,29H,6,11-15H2,1H3,(H,27,33)(H,28,30)(H,31,32). The Morgan fingerprint density at radius 1 is 1.06 bits per heavy atom. The number of aliphatic hydroxyl groups is 1. The minimum atomic E-state index is -1.36. The van der Waals surface area contributed by atoms with Gasteiger partial charge in [0.25, 0.3) is 0 Å². The van der Waals surface area contributed by atoms with Crippen LogP contribution in [0, 0.1) is 5.41 Å². The summed E-state index contributed by atoms with van der Waals surface area (Å²) < 4.78 is 5.57. The number of aliphatic carboxylic acids is 1. The van der Waals surface area contributed by atoms with E-state index in [-0.39, 0.29) is 25.5 Å². The molecule has 2 atom stereocenters. The number of fused-ring (bicyclic) bond motifs is 3. The molecule has 0 heterocycles. The molecule has 180 valence electrons. The molecule has 8 nitrogen and oxygen atoms in total. The quantitative estimate of drug-likeness (QED) is 0.450. The number of hydrogen-bond donors (Lipinski definition) is 4. The van der Waals surface area contributed by atoms with Gasteiger partial charge in [0.15, 0.2) is 6.04 Å². The lowest BCUT2D eigenvalue weighted by Gasteiger charge is -2.41. The number of hydrogen-bond acceptors (Lipinski definition) is 5. The van der Waals surface area contributed by atoms with E-state index in [0.29, 0.717) is 0 Å². The van der Waals surface area contributed by atoms with Gasteiger partial charge in [-0.15, -0.1) is 0 Å². The fraction of sp³-hybridized carbons (Fsp3) is 0.423. The third kappa shape index (κ3) is 4.92. The largest absolute Gasteiger partial charge is 0.480 e. The van der Waals surface area contributed by atoms with Crippen molar-refractivity contribution in [2.24, 2.45) is 5.41 Å². The lowest BCUT2D eigenvalue weighted by Crippen LogP contribution is -2.51. The third-order valence-electron chi connectivity index (χ3n) is 6.97. The van der Waals surface area contributed by atoms with Gasteiger partial charge >= 0.3 is 12.1 Å². The summed E-state index contributed by atoms with van der Waals surface area (Å²) in [5.74, 6) is -1.78. The number of aliphatic hydroxyl groups excluding tert-OH is 1. The van der Waals surface area contributed by atoms with Gasteiger partial charge in [-0.3, -0.25) is 4.79 Å². The Hall–Kier alpha value is -3.39. The highest BCUT2D eigenvalue weighted by Gasteiger charge is 2.40. The van der Waals surface area contributed by atoms with Gasteiger partial charge in [-0.1, -0.05) is 55.0 Å². The number of rotatable bonds is 9. The predicted octanol–water partition coefficient (Wildman–Crippen LogP) is 3.04. The van der Waals surface area contributed by atoms with Crippen LogP contribution in [-0.2, 0) is 14.3 Å². The maximum Gasteiger partial charge on any atom is 0.407 e. The second-order valence-corrected chi connectivity index (χ2v) is 9.33. The van der Waals surface area contributed by atoms with Crippen LogP contribution in [0.15, 0.2) is 48.5 Å². The van der Waals surface area contributed by atoms with Crippen molar-refractivity contribution in [2.45, 2.75) is 50.7 Å². The second kappa shape index (κ2) is 9.85. The van der Waals surface area contributed by atoms with Crippen LogP contribution in [0.3, 0.4) is 0 Å². The molecule has 0 bridgehead atoms. The van der Waals surface area contributed by atoms with Crippen LogP contribution in [0.25, 0.3) is 11.1 Å². The van der Waals surface area contributed by atoms with E-state index in [0.717, 1.165) is 41.5 Å². The van der Waals surface area contributed by atoms with E-state index in [1.165, 1.54) is 6.92 Å². The maximum absolute atomic E-state index is 12.5. The number of nitrogens with one attached hydrogen (secondary N) is 2. The van der Waals surface area contributed by atoms with Crippen molar-refractivity contribution in [3.8, 4) is 11.1 Å². The molecule has 2 aromatic rings. The van der Waals surface area contributed by atoms with Gasteiger partial charge in [-0.25, -0.2) is 9.59 Å². The van der Waals surface area contributed by atoms with Crippen LogP contribution in [0.1, 0.15) is 49.7 Å². The number of carbonyl (C=O) groups is 3. The molecule has 0 spiro atoms. The molecule has 0 radical (unpaired) electrons. The second-order valence-electron chi connectivity index (χ2n) is 9.33.